The van der Waals surface area contributed by atoms with E-state index in [0.717, 1.165) is 24.4 Å². The minimum Gasteiger partial charge on any atom is -0.339 e. The minimum absolute atomic E-state index is 0.687. The fraction of sp³-hybridized carbons (Fsp3) is 0.429. The molecule has 1 aliphatic rings. The highest BCUT2D eigenvalue weighted by Gasteiger charge is 2.13. The van der Waals surface area contributed by atoms with Crippen molar-refractivity contribution in [3.63, 3.8) is 0 Å². The maximum atomic E-state index is 5.29. The average molecular weight is 243 g/mol. The quantitative estimate of drug-likeness (QED) is 0.826. The van der Waals surface area contributed by atoms with Crippen molar-refractivity contribution in [2.45, 2.75) is 19.3 Å². The molecule has 4 heteroatoms. The summed E-state index contributed by atoms with van der Waals surface area (Å²) in [6.07, 6.45) is 3.48. The van der Waals surface area contributed by atoms with Gasteiger partial charge in [-0.25, -0.2) is 0 Å². The van der Waals surface area contributed by atoms with Crippen LogP contribution in [-0.4, -0.2) is 34.7 Å². The van der Waals surface area contributed by atoms with Gasteiger partial charge in [0, 0.05) is 18.5 Å². The van der Waals surface area contributed by atoms with Crippen molar-refractivity contribution in [2.75, 3.05) is 19.6 Å². The van der Waals surface area contributed by atoms with Gasteiger partial charge in [0.25, 0.3) is 0 Å². The predicted octanol–water partition coefficient (Wildman–Crippen LogP) is 2.37. The van der Waals surface area contributed by atoms with Gasteiger partial charge in [-0.2, -0.15) is 4.98 Å². The Bertz CT molecular complexity index is 489. The first-order valence-corrected chi connectivity index (χ1v) is 6.52. The maximum absolute atomic E-state index is 5.29. The highest BCUT2D eigenvalue weighted by atomic mass is 16.5. The lowest BCUT2D eigenvalue weighted by atomic mass is 10.2. The van der Waals surface area contributed by atoms with Gasteiger partial charge in [-0.15, -0.1) is 0 Å². The normalized spacial score (nSPS) is 16.2. The maximum Gasteiger partial charge on any atom is 0.228 e. The van der Waals surface area contributed by atoms with Crippen LogP contribution in [0.2, 0.25) is 0 Å². The third kappa shape index (κ3) is 2.59. The molecule has 0 bridgehead atoms. The standard InChI is InChI=1S/C14H17N3O/c1-2-6-12(7-3-1)14-15-13(18-16-14)8-11-17-9-4-5-10-17/h1-3,6-7H,4-5,8-11H2. The number of aromatic nitrogens is 2. The van der Waals surface area contributed by atoms with E-state index < -0.39 is 0 Å². The lowest BCUT2D eigenvalue weighted by Gasteiger charge is -2.11. The molecule has 0 radical (unpaired) electrons. The van der Waals surface area contributed by atoms with E-state index in [2.05, 4.69) is 15.0 Å². The largest absolute Gasteiger partial charge is 0.339 e. The van der Waals surface area contributed by atoms with Crippen LogP contribution >= 0.6 is 0 Å². The SMILES string of the molecule is c1ccc(-c2noc(CCN3CCCC3)n2)cc1. The predicted molar refractivity (Wildman–Crippen MR) is 69.1 cm³/mol. The molecule has 0 aliphatic carbocycles. The van der Waals surface area contributed by atoms with Gasteiger partial charge < -0.3 is 9.42 Å². The molecule has 0 N–H and O–H groups in total. The van der Waals surface area contributed by atoms with Crippen molar-refractivity contribution >= 4 is 0 Å². The number of hydrogen-bond donors (Lipinski definition) is 0. The van der Waals surface area contributed by atoms with Crippen molar-refractivity contribution in [1.82, 2.24) is 15.0 Å². The van der Waals surface area contributed by atoms with Crippen LogP contribution in [0.5, 0.6) is 0 Å². The number of hydrogen-bond acceptors (Lipinski definition) is 4. The van der Waals surface area contributed by atoms with Gasteiger partial charge >= 0.3 is 0 Å². The molecule has 1 aromatic carbocycles. The van der Waals surface area contributed by atoms with Crippen molar-refractivity contribution in [2.24, 2.45) is 0 Å². The van der Waals surface area contributed by atoms with Crippen LogP contribution in [0.1, 0.15) is 18.7 Å². The minimum atomic E-state index is 0.687. The Morgan fingerprint density at radius 1 is 1.11 bits per heavy atom. The Morgan fingerprint density at radius 3 is 2.67 bits per heavy atom. The third-order valence-electron chi connectivity index (χ3n) is 3.34. The van der Waals surface area contributed by atoms with Crippen LogP contribution in [0.25, 0.3) is 11.4 Å². The smallest absolute Gasteiger partial charge is 0.228 e. The molecule has 2 heterocycles. The molecule has 0 saturated carbocycles. The summed E-state index contributed by atoms with van der Waals surface area (Å²) in [5.74, 6) is 1.42. The molecule has 0 atom stereocenters. The fourth-order valence-corrected chi connectivity index (χ4v) is 2.32. The highest BCUT2D eigenvalue weighted by Crippen LogP contribution is 2.15. The third-order valence-corrected chi connectivity index (χ3v) is 3.34. The Hall–Kier alpha value is -1.68. The number of benzene rings is 1. The summed E-state index contributed by atoms with van der Waals surface area (Å²) in [6.45, 7) is 3.44. The molecule has 18 heavy (non-hydrogen) atoms. The van der Waals surface area contributed by atoms with E-state index in [4.69, 9.17) is 4.52 Å². The van der Waals surface area contributed by atoms with Crippen LogP contribution < -0.4 is 0 Å². The molecule has 1 aromatic heterocycles. The molecule has 1 fully saturated rings. The van der Waals surface area contributed by atoms with Crippen LogP contribution in [0, 0.1) is 0 Å². The van der Waals surface area contributed by atoms with Crippen molar-refractivity contribution in [3.05, 3.63) is 36.2 Å². The second-order valence-electron chi connectivity index (χ2n) is 4.68. The average Bonchev–Trinajstić information content (AvgIpc) is 3.09. The molecule has 2 aromatic rings. The molecule has 0 spiro atoms. The van der Waals surface area contributed by atoms with E-state index in [0.29, 0.717) is 5.82 Å². The first-order chi connectivity index (χ1) is 8.92. The molecule has 0 amide bonds. The lowest BCUT2D eigenvalue weighted by molar-refractivity contribution is 0.311. The van der Waals surface area contributed by atoms with E-state index in [1.807, 2.05) is 30.3 Å². The van der Waals surface area contributed by atoms with Crippen molar-refractivity contribution < 1.29 is 4.52 Å². The summed E-state index contributed by atoms with van der Waals surface area (Å²) < 4.78 is 5.29. The summed E-state index contributed by atoms with van der Waals surface area (Å²) >= 11 is 0. The van der Waals surface area contributed by atoms with E-state index in [1.165, 1.54) is 25.9 Å². The fourth-order valence-electron chi connectivity index (χ4n) is 2.32. The summed E-state index contributed by atoms with van der Waals surface area (Å²) in [6, 6.07) is 9.94. The molecule has 94 valence electrons. The second kappa shape index (κ2) is 5.31. The molecule has 4 nitrogen and oxygen atoms in total. The first-order valence-electron chi connectivity index (χ1n) is 6.52. The molecular weight excluding hydrogens is 226 g/mol. The van der Waals surface area contributed by atoms with Gasteiger partial charge in [0.05, 0.1) is 0 Å². The van der Waals surface area contributed by atoms with Gasteiger partial charge in [-0.05, 0) is 25.9 Å². The van der Waals surface area contributed by atoms with Crippen molar-refractivity contribution in [1.29, 1.82) is 0 Å². The topological polar surface area (TPSA) is 42.2 Å². The Kier molecular flexibility index (Phi) is 3.37. The Balaban J connectivity index is 1.63. The second-order valence-corrected chi connectivity index (χ2v) is 4.68. The van der Waals surface area contributed by atoms with E-state index in [-0.39, 0.29) is 0 Å². The van der Waals surface area contributed by atoms with Gasteiger partial charge in [0.15, 0.2) is 0 Å². The zero-order valence-corrected chi connectivity index (χ0v) is 10.4. The Morgan fingerprint density at radius 2 is 1.89 bits per heavy atom. The monoisotopic (exact) mass is 243 g/mol. The van der Waals surface area contributed by atoms with Crippen LogP contribution in [0.15, 0.2) is 34.9 Å². The van der Waals surface area contributed by atoms with Crippen LogP contribution in [-0.2, 0) is 6.42 Å². The highest BCUT2D eigenvalue weighted by molar-refractivity contribution is 5.53. The van der Waals surface area contributed by atoms with E-state index in [1.54, 1.807) is 0 Å². The van der Waals surface area contributed by atoms with Gasteiger partial charge in [-0.3, -0.25) is 0 Å². The van der Waals surface area contributed by atoms with Crippen LogP contribution in [0.3, 0.4) is 0 Å². The zero-order chi connectivity index (χ0) is 12.2. The van der Waals surface area contributed by atoms with Gasteiger partial charge in [-0.1, -0.05) is 35.5 Å². The molecular formula is C14H17N3O. The van der Waals surface area contributed by atoms with Crippen LogP contribution in [0.4, 0.5) is 0 Å². The van der Waals surface area contributed by atoms with Gasteiger partial charge in [0.2, 0.25) is 11.7 Å². The van der Waals surface area contributed by atoms with Crippen molar-refractivity contribution in [3.8, 4) is 11.4 Å². The summed E-state index contributed by atoms with van der Waals surface area (Å²) in [4.78, 5) is 6.89. The van der Waals surface area contributed by atoms with E-state index in [9.17, 15) is 0 Å². The molecule has 1 aliphatic heterocycles. The molecule has 3 rings (SSSR count). The Labute approximate surface area is 107 Å². The number of nitrogens with zero attached hydrogens (tertiary/aromatic N) is 3. The molecule has 1 saturated heterocycles. The zero-order valence-electron chi connectivity index (χ0n) is 10.4. The lowest BCUT2D eigenvalue weighted by Crippen LogP contribution is -2.21. The summed E-state index contributed by atoms with van der Waals surface area (Å²) in [5.41, 5.74) is 1.01. The first kappa shape index (κ1) is 11.4. The number of likely N-dealkylation sites (tertiary alicyclic amines) is 1. The number of rotatable bonds is 4. The van der Waals surface area contributed by atoms with Gasteiger partial charge in [0.1, 0.15) is 0 Å². The summed E-state index contributed by atoms with van der Waals surface area (Å²) in [7, 11) is 0. The molecule has 0 unspecified atom stereocenters. The summed E-state index contributed by atoms with van der Waals surface area (Å²) in [5, 5.41) is 4.03. The van der Waals surface area contributed by atoms with E-state index >= 15 is 0 Å².